The minimum Gasteiger partial charge on any atom is -0.476 e. The Morgan fingerprint density at radius 3 is 1.49 bits per heavy atom. The summed E-state index contributed by atoms with van der Waals surface area (Å²) in [6.45, 7) is 19.8. The number of aryl methyl sites for hydroxylation is 2. The predicted molar refractivity (Wildman–Crippen MR) is 296 cm³/mol. The van der Waals surface area contributed by atoms with E-state index >= 15 is 0 Å². The van der Waals surface area contributed by atoms with Gasteiger partial charge < -0.3 is 48.9 Å². The maximum Gasteiger partial charge on any atom is 0.408 e. The summed E-state index contributed by atoms with van der Waals surface area (Å²) in [5.41, 5.74) is 4.65. The van der Waals surface area contributed by atoms with Gasteiger partial charge in [-0.2, -0.15) is 0 Å². The van der Waals surface area contributed by atoms with Crippen molar-refractivity contribution in [2.24, 2.45) is 22.7 Å². The number of nitrogens with one attached hydrogen (secondary N) is 2. The molecular weight excluding hydrogens is 1020 g/mol. The third-order valence-electron chi connectivity index (χ3n) is 15.4. The second-order valence-electron chi connectivity index (χ2n) is 24.0. The molecule has 4 aromatic rings. The van der Waals surface area contributed by atoms with Crippen molar-refractivity contribution in [2.75, 3.05) is 27.3 Å². The molecule has 3 amide bonds. The number of carbonyl (C=O) groups excluding carboxylic acids is 5. The molecule has 80 heavy (non-hydrogen) atoms. The number of carbonyl (C=O) groups is 5. The van der Waals surface area contributed by atoms with E-state index in [4.69, 9.17) is 48.4 Å². The number of amides is 3. The number of alkyl carbamates (subject to hydrolysis) is 1. The van der Waals surface area contributed by atoms with Gasteiger partial charge in [0.2, 0.25) is 23.6 Å². The van der Waals surface area contributed by atoms with Gasteiger partial charge in [0.15, 0.2) is 17.3 Å². The first kappa shape index (κ1) is 57.0. The maximum atomic E-state index is 14.0. The number of ether oxygens (including phenoxy) is 6. The van der Waals surface area contributed by atoms with Gasteiger partial charge in [0.25, 0.3) is 0 Å². The molecule has 4 fully saturated rings. The molecule has 6 heterocycles. The minimum absolute atomic E-state index is 0.0800. The number of esters is 2. The second kappa shape index (κ2) is 23.6. The molecule has 2 N–H and O–H groups in total. The third kappa shape index (κ3) is 13.5. The lowest BCUT2D eigenvalue weighted by atomic mass is 9.85. The molecule has 2 aromatic heterocycles. The summed E-state index contributed by atoms with van der Waals surface area (Å²) in [7, 11) is 2.61. The molecule has 0 spiro atoms. The molecule has 2 aliphatic carbocycles. The van der Waals surface area contributed by atoms with E-state index in [0.717, 1.165) is 61.6 Å². The first-order valence-electron chi connectivity index (χ1n) is 27.8. The summed E-state index contributed by atoms with van der Waals surface area (Å²) in [5, 5.41) is 6.00. The highest BCUT2D eigenvalue weighted by molar-refractivity contribution is 5.91. The van der Waals surface area contributed by atoms with E-state index in [1.165, 1.54) is 19.1 Å². The summed E-state index contributed by atoms with van der Waals surface area (Å²) < 4.78 is 34.5. The number of aromatic nitrogens is 4. The van der Waals surface area contributed by atoms with Gasteiger partial charge in [-0.05, 0) is 129 Å². The molecule has 2 saturated heterocycles. The van der Waals surface area contributed by atoms with Crippen LogP contribution in [-0.4, -0.2) is 135 Å². The fraction of sp³-hybridized carbons (Fsp3) is 0.557. The van der Waals surface area contributed by atoms with Gasteiger partial charge in [0, 0.05) is 25.7 Å². The van der Waals surface area contributed by atoms with Crippen LogP contribution in [0.25, 0.3) is 22.1 Å². The molecular formula is C61H74N8O11. The second-order valence-corrected chi connectivity index (χ2v) is 24.0. The molecule has 2 aromatic carbocycles. The Kier molecular flexibility index (Phi) is 16.8. The van der Waals surface area contributed by atoms with Crippen molar-refractivity contribution < 1.29 is 52.4 Å². The SMILES string of the molecule is C=C1N[C@@H](C(C)(C)C)C(=O)N2CC(C[C@H]2C(=O)OC)Oc2nc3cc(C)ccc3nc2C#CCCC[C@@H]2C[C@H]2O1.COC(=O)[C@@H]1CC2CN1C(=O)[C@H](C(C)(C)C)NC(=O)O[C@@H]1C[C@H]1CCCC#Cc1nc3ccc(C)cc3nc1O2. The smallest absolute Gasteiger partial charge is 0.408 e. The van der Waals surface area contributed by atoms with Gasteiger partial charge in [-0.1, -0.05) is 65.5 Å². The fourth-order valence-corrected chi connectivity index (χ4v) is 10.7. The summed E-state index contributed by atoms with van der Waals surface area (Å²) in [5.74, 6) is 12.7. The van der Waals surface area contributed by atoms with Crippen LogP contribution in [0.15, 0.2) is 48.9 Å². The minimum atomic E-state index is -0.924. The van der Waals surface area contributed by atoms with E-state index in [2.05, 4.69) is 40.9 Å². The monoisotopic (exact) mass is 1090 g/mol. The highest BCUT2D eigenvalue weighted by Crippen LogP contribution is 2.41. The Bertz CT molecular complexity index is 2990. The molecule has 424 valence electrons. The molecule has 19 heteroatoms. The van der Waals surface area contributed by atoms with Gasteiger partial charge in [-0.3, -0.25) is 9.59 Å². The Hall–Kier alpha value is -7.67. The van der Waals surface area contributed by atoms with Crippen molar-refractivity contribution in [1.82, 2.24) is 40.4 Å². The highest BCUT2D eigenvalue weighted by atomic mass is 16.6. The van der Waals surface area contributed by atoms with Crippen molar-refractivity contribution in [3.05, 3.63) is 71.4 Å². The van der Waals surface area contributed by atoms with Gasteiger partial charge in [0.05, 0.1) is 49.4 Å². The van der Waals surface area contributed by atoms with Crippen LogP contribution in [0.1, 0.15) is 128 Å². The number of nitrogens with zero attached hydrogens (tertiary/aromatic N) is 6. The molecule has 6 aliphatic rings. The topological polar surface area (TPSA) is 223 Å². The van der Waals surface area contributed by atoms with Crippen molar-refractivity contribution in [1.29, 1.82) is 0 Å². The zero-order chi connectivity index (χ0) is 57.2. The first-order chi connectivity index (χ1) is 38.1. The molecule has 19 nitrogen and oxygen atoms in total. The molecule has 4 aliphatic heterocycles. The standard InChI is InChI=1S/C31H38N4O5.C30H36N4O6/c1-18-12-13-22-24(14-18)34-28-23(33-22)11-9-7-8-10-20-15-26(20)39-19(2)32-27(31(3,4)5)29(36)35-17-21(40-28)16-25(35)30(37)38-6;1-17-11-12-20-22(13-17)32-26-21(31-20)10-8-6-7-9-18-14-24(18)40-29(37)33-25(30(2,3)4)27(35)34-16-19(39-26)15-23(34)28(36)38-5/h12-14,20-21,25-27,32H,2,7-8,10,15-17H2,1,3-6H3;11-13,18-19,23-25H,6-7,9,14-16H2,1-5H3,(H,33,37)/t20-,21?,25+,26-,27-;18-,19?,23+,24-,25-/m11/s1. The van der Waals surface area contributed by atoms with Gasteiger partial charge in [0.1, 0.15) is 48.6 Å². The lowest BCUT2D eigenvalue weighted by Crippen LogP contribution is -2.57. The van der Waals surface area contributed by atoms with Gasteiger partial charge in [-0.25, -0.2) is 34.3 Å². The number of benzene rings is 2. The van der Waals surface area contributed by atoms with Crippen LogP contribution in [0, 0.1) is 60.2 Å². The highest BCUT2D eigenvalue weighted by Gasteiger charge is 2.49. The zero-order valence-corrected chi connectivity index (χ0v) is 47.6. The number of hydrogen-bond donors (Lipinski definition) is 2. The van der Waals surface area contributed by atoms with E-state index < -0.39 is 71.1 Å². The van der Waals surface area contributed by atoms with Crippen LogP contribution < -0.4 is 20.1 Å². The fourth-order valence-electron chi connectivity index (χ4n) is 10.7. The Morgan fingerprint density at radius 2 is 1.05 bits per heavy atom. The third-order valence-corrected chi connectivity index (χ3v) is 15.4. The van der Waals surface area contributed by atoms with E-state index in [0.29, 0.717) is 52.0 Å². The number of fused-ring (bicyclic) bond motifs is 10. The lowest BCUT2D eigenvalue weighted by Gasteiger charge is -2.35. The summed E-state index contributed by atoms with van der Waals surface area (Å²) >= 11 is 0. The Balaban J connectivity index is 0.000000194. The van der Waals surface area contributed by atoms with E-state index in [9.17, 15) is 24.0 Å². The van der Waals surface area contributed by atoms with Crippen LogP contribution in [0.3, 0.4) is 0 Å². The van der Waals surface area contributed by atoms with Crippen LogP contribution in [0.4, 0.5) is 4.79 Å². The largest absolute Gasteiger partial charge is 0.476 e. The van der Waals surface area contributed by atoms with E-state index in [1.807, 2.05) is 91.8 Å². The molecule has 10 atom stereocenters. The van der Waals surface area contributed by atoms with Crippen LogP contribution >= 0.6 is 0 Å². The molecule has 2 unspecified atom stereocenters. The quantitative estimate of drug-likeness (QED) is 0.113. The molecule has 0 radical (unpaired) electrons. The van der Waals surface area contributed by atoms with E-state index in [-0.39, 0.29) is 55.8 Å². The summed E-state index contributed by atoms with van der Waals surface area (Å²) in [6.07, 6.45) is 5.47. The Labute approximate surface area is 468 Å². The molecule has 4 bridgehead atoms. The first-order valence-corrected chi connectivity index (χ1v) is 27.8. The summed E-state index contributed by atoms with van der Waals surface area (Å²) in [4.78, 5) is 88.4. The van der Waals surface area contributed by atoms with Gasteiger partial charge in [-0.15, -0.1) is 0 Å². The molecule has 2 saturated carbocycles. The zero-order valence-electron chi connectivity index (χ0n) is 47.6. The average Bonchev–Trinajstić information content (AvgIpc) is 4.29. The lowest BCUT2D eigenvalue weighted by molar-refractivity contribution is -0.152. The average molecular weight is 1100 g/mol. The maximum absolute atomic E-state index is 14.0. The number of rotatable bonds is 2. The Morgan fingerprint density at radius 1 is 0.613 bits per heavy atom. The van der Waals surface area contributed by atoms with Gasteiger partial charge >= 0.3 is 18.0 Å². The normalized spacial score (nSPS) is 27.0. The van der Waals surface area contributed by atoms with E-state index in [1.54, 1.807) is 4.90 Å². The predicted octanol–water partition coefficient (Wildman–Crippen LogP) is 7.40. The van der Waals surface area contributed by atoms with Crippen LogP contribution in [0.2, 0.25) is 0 Å². The van der Waals surface area contributed by atoms with Crippen molar-refractivity contribution in [2.45, 2.75) is 168 Å². The van der Waals surface area contributed by atoms with Crippen LogP contribution in [0.5, 0.6) is 11.8 Å². The van der Waals surface area contributed by atoms with Crippen molar-refractivity contribution in [3.8, 4) is 35.4 Å². The van der Waals surface area contributed by atoms with Crippen molar-refractivity contribution >= 4 is 51.9 Å². The molecule has 10 rings (SSSR count). The number of methoxy groups -OCH3 is 2. The summed E-state index contributed by atoms with van der Waals surface area (Å²) in [6, 6.07) is 8.39. The van der Waals surface area contributed by atoms with Crippen molar-refractivity contribution in [3.63, 3.8) is 0 Å². The van der Waals surface area contributed by atoms with Crippen LogP contribution in [-0.2, 0) is 38.1 Å². The number of hydrogen-bond acceptors (Lipinski definition) is 16.